The van der Waals surface area contributed by atoms with Crippen LogP contribution in [0.25, 0.3) is 0 Å². The molecule has 2 heterocycles. The zero-order valence-electron chi connectivity index (χ0n) is 14.1. The largest absolute Gasteiger partial charge is 0.433 e. The molecule has 0 saturated heterocycles. The van der Waals surface area contributed by atoms with E-state index in [2.05, 4.69) is 10.1 Å². The van der Waals surface area contributed by atoms with E-state index in [0.717, 1.165) is 12.3 Å². The lowest BCUT2D eigenvalue weighted by Gasteiger charge is -2.43. The van der Waals surface area contributed by atoms with E-state index in [-0.39, 0.29) is 20.3 Å². The molecule has 5 nitrogen and oxygen atoms in total. The fourth-order valence-electron chi connectivity index (χ4n) is 3.24. The van der Waals surface area contributed by atoms with Crippen LogP contribution in [0.15, 0.2) is 23.4 Å². The smallest absolute Gasteiger partial charge is 0.383 e. The third kappa shape index (κ3) is 4.08. The van der Waals surface area contributed by atoms with Gasteiger partial charge in [-0.25, -0.2) is 5.01 Å². The first kappa shape index (κ1) is 23.9. The predicted molar refractivity (Wildman–Crippen MR) is 107 cm³/mol. The topological polar surface area (TPSA) is 69.0 Å². The molecule has 1 aliphatic heterocycles. The Morgan fingerprint density at radius 3 is 2.25 bits per heavy atom. The van der Waals surface area contributed by atoms with Gasteiger partial charge in [0.2, 0.25) is 0 Å². The van der Waals surface area contributed by atoms with Crippen LogP contribution >= 0.6 is 45.2 Å². The monoisotopic (exact) mass is 637 g/mol. The molecule has 0 bridgehead atoms. The van der Waals surface area contributed by atoms with Gasteiger partial charge < -0.3 is 10.2 Å². The van der Waals surface area contributed by atoms with Crippen LogP contribution in [-0.4, -0.2) is 48.3 Å². The van der Waals surface area contributed by atoms with Gasteiger partial charge in [-0.3, -0.25) is 4.98 Å². The highest BCUT2D eigenvalue weighted by Crippen LogP contribution is 2.50. The minimum atomic E-state index is -5.07. The lowest BCUT2D eigenvalue weighted by atomic mass is 9.68. The van der Waals surface area contributed by atoms with Crippen molar-refractivity contribution in [1.29, 1.82) is 0 Å². The number of alkyl halides is 8. The zero-order valence-corrected chi connectivity index (χ0v) is 18.5. The van der Waals surface area contributed by atoms with Gasteiger partial charge in [-0.2, -0.15) is 31.4 Å². The SMILES string of the molecule is CC1=NN(c2ccnc(C(F)(F)F)c2)C(O)C1(C(CI)CI)C(O)C(F)(F)F. The Bertz CT molecular complexity index is 741. The molecule has 3 atom stereocenters. The Morgan fingerprint density at radius 2 is 1.79 bits per heavy atom. The van der Waals surface area contributed by atoms with Gasteiger partial charge in [0.1, 0.15) is 5.69 Å². The number of hydrazone groups is 1. The van der Waals surface area contributed by atoms with Gasteiger partial charge in [0.05, 0.1) is 11.1 Å². The number of aliphatic hydroxyl groups is 2. The van der Waals surface area contributed by atoms with Crippen LogP contribution < -0.4 is 5.01 Å². The average molecular weight is 637 g/mol. The fourth-order valence-corrected chi connectivity index (χ4v) is 6.52. The molecule has 2 rings (SSSR count). The van der Waals surface area contributed by atoms with Crippen molar-refractivity contribution in [2.45, 2.75) is 31.6 Å². The summed E-state index contributed by atoms with van der Waals surface area (Å²) in [6.45, 7) is 1.22. The van der Waals surface area contributed by atoms with E-state index in [1.54, 1.807) is 0 Å². The molecule has 1 aliphatic rings. The van der Waals surface area contributed by atoms with Crippen LogP contribution in [0.1, 0.15) is 12.6 Å². The van der Waals surface area contributed by atoms with Crippen LogP contribution in [-0.2, 0) is 6.18 Å². The molecule has 0 saturated carbocycles. The van der Waals surface area contributed by atoms with E-state index in [4.69, 9.17) is 0 Å². The normalized spacial score (nSPS) is 24.6. The van der Waals surface area contributed by atoms with Gasteiger partial charge in [0, 0.05) is 20.8 Å². The predicted octanol–water partition coefficient (Wildman–Crippen LogP) is 4.01. The Balaban J connectivity index is 2.60. The molecule has 28 heavy (non-hydrogen) atoms. The number of rotatable bonds is 5. The average Bonchev–Trinajstić information content (AvgIpc) is 2.86. The lowest BCUT2D eigenvalue weighted by Crippen LogP contribution is -2.61. The summed E-state index contributed by atoms with van der Waals surface area (Å²) in [7, 11) is 0. The summed E-state index contributed by atoms with van der Waals surface area (Å²) >= 11 is 3.68. The van der Waals surface area contributed by atoms with Gasteiger partial charge in [0.25, 0.3) is 0 Å². The van der Waals surface area contributed by atoms with Gasteiger partial charge in [-0.15, -0.1) is 0 Å². The zero-order chi connectivity index (χ0) is 21.5. The first-order valence-electron chi connectivity index (χ1n) is 7.74. The van der Waals surface area contributed by atoms with E-state index < -0.39 is 41.7 Å². The fraction of sp³-hybridized carbons (Fsp3) is 0.600. The van der Waals surface area contributed by atoms with E-state index in [1.165, 1.54) is 6.92 Å². The highest BCUT2D eigenvalue weighted by molar-refractivity contribution is 14.1. The van der Waals surface area contributed by atoms with Crippen molar-refractivity contribution in [1.82, 2.24) is 4.98 Å². The van der Waals surface area contributed by atoms with Crippen molar-refractivity contribution in [3.05, 3.63) is 24.0 Å². The molecule has 13 heteroatoms. The van der Waals surface area contributed by atoms with E-state index >= 15 is 0 Å². The molecular formula is C15H15F6I2N3O2. The summed E-state index contributed by atoms with van der Waals surface area (Å²) in [4.78, 5) is 3.19. The summed E-state index contributed by atoms with van der Waals surface area (Å²) in [6.07, 6.45) is -14.0. The molecule has 0 radical (unpaired) electrons. The highest BCUT2D eigenvalue weighted by Gasteiger charge is 2.65. The Morgan fingerprint density at radius 1 is 1.21 bits per heavy atom. The van der Waals surface area contributed by atoms with E-state index in [1.807, 2.05) is 45.2 Å². The molecule has 2 N–H and O–H groups in total. The summed E-state index contributed by atoms with van der Waals surface area (Å²) in [5.74, 6) is -0.849. The van der Waals surface area contributed by atoms with Crippen LogP contribution in [0, 0.1) is 11.3 Å². The quantitative estimate of drug-likeness (QED) is 0.291. The second-order valence-electron chi connectivity index (χ2n) is 6.18. The van der Waals surface area contributed by atoms with Gasteiger partial charge in [-0.1, -0.05) is 45.2 Å². The third-order valence-electron chi connectivity index (χ3n) is 4.65. The van der Waals surface area contributed by atoms with Gasteiger partial charge >= 0.3 is 12.4 Å². The molecule has 0 fully saturated rings. The van der Waals surface area contributed by atoms with Crippen molar-refractivity contribution in [2.75, 3.05) is 13.9 Å². The minimum Gasteiger partial charge on any atom is -0.383 e. The number of anilines is 1. The lowest BCUT2D eigenvalue weighted by molar-refractivity contribution is -0.244. The van der Waals surface area contributed by atoms with Crippen LogP contribution in [0.4, 0.5) is 32.0 Å². The number of pyridine rings is 1. The number of hydrogen-bond acceptors (Lipinski definition) is 5. The molecule has 0 spiro atoms. The number of hydrogen-bond donors (Lipinski definition) is 2. The number of nitrogens with zero attached hydrogens (tertiary/aromatic N) is 3. The standard InChI is InChI=1S/C15H15F6I2N3O2/c1-7-13(8(5-22)6-23,11(27)15(19,20)21)12(28)26(25-7)9-2-3-24-10(4-9)14(16,17)18/h2-4,8,11-12,27-28H,5-6H2,1H3. The van der Waals surface area contributed by atoms with Gasteiger partial charge in [-0.05, 0) is 25.0 Å². The second kappa shape index (κ2) is 8.37. The maximum Gasteiger partial charge on any atom is 0.433 e. The highest BCUT2D eigenvalue weighted by atomic mass is 127. The van der Waals surface area contributed by atoms with Crippen molar-refractivity contribution in [3.63, 3.8) is 0 Å². The summed E-state index contributed by atoms with van der Waals surface area (Å²) in [5.41, 5.74) is -4.01. The van der Waals surface area contributed by atoms with Crippen LogP contribution in [0.3, 0.4) is 0 Å². The number of halogens is 8. The Labute approximate surface area is 183 Å². The molecule has 1 aromatic rings. The van der Waals surface area contributed by atoms with Crippen molar-refractivity contribution in [2.24, 2.45) is 16.4 Å². The summed E-state index contributed by atoms with van der Waals surface area (Å²) in [5, 5.41) is 25.6. The first-order valence-corrected chi connectivity index (χ1v) is 10.8. The Kier molecular flexibility index (Phi) is 7.13. The molecule has 3 unspecified atom stereocenters. The summed E-state index contributed by atoms with van der Waals surface area (Å²) in [6, 6.07) is 1.67. The maximum absolute atomic E-state index is 13.5. The van der Waals surface area contributed by atoms with E-state index in [0.29, 0.717) is 11.1 Å². The molecule has 1 aromatic heterocycles. The minimum absolute atomic E-state index is 0.149. The molecule has 0 amide bonds. The second-order valence-corrected chi connectivity index (χ2v) is 7.94. The van der Waals surface area contributed by atoms with Crippen molar-refractivity contribution < 1.29 is 36.6 Å². The van der Waals surface area contributed by atoms with Crippen molar-refractivity contribution >= 4 is 56.6 Å². The third-order valence-corrected chi connectivity index (χ3v) is 6.78. The van der Waals surface area contributed by atoms with E-state index in [9.17, 15) is 36.6 Å². The maximum atomic E-state index is 13.5. The van der Waals surface area contributed by atoms with Gasteiger partial charge in [0.15, 0.2) is 12.3 Å². The molecule has 0 aliphatic carbocycles. The van der Waals surface area contributed by atoms with Crippen LogP contribution in [0.2, 0.25) is 0 Å². The van der Waals surface area contributed by atoms with Crippen molar-refractivity contribution in [3.8, 4) is 0 Å². The molecule has 0 aromatic carbocycles. The first-order chi connectivity index (χ1) is 12.8. The summed E-state index contributed by atoms with van der Waals surface area (Å²) < 4.78 is 79.5. The molecular weight excluding hydrogens is 622 g/mol. The van der Waals surface area contributed by atoms with Crippen LogP contribution in [0.5, 0.6) is 0 Å². The molecule has 158 valence electrons. The Hall–Kier alpha value is -0.420. The number of aliphatic hydroxyl groups excluding tert-OH is 2. The number of aromatic nitrogens is 1.